The van der Waals surface area contributed by atoms with E-state index in [1.54, 1.807) is 0 Å². The van der Waals surface area contributed by atoms with Gasteiger partial charge in [-0.25, -0.2) is 0 Å². The third-order valence-electron chi connectivity index (χ3n) is 3.16. The topological polar surface area (TPSA) is 36.9 Å². The standard InChI is InChI=1S/C18H16I4O4/c19-9-23-15-3-13(4-16(7-15)24-10-20)1-2-14-5-17(25-11-21)8-18(6-14)26-12-22/h1-8H,9-12H2/b2-1+. The Morgan fingerprint density at radius 1 is 0.500 bits per heavy atom. The van der Waals surface area contributed by atoms with Crippen LogP contribution in [-0.4, -0.2) is 18.5 Å². The van der Waals surface area contributed by atoms with Gasteiger partial charge in [0.15, 0.2) is 0 Å². The number of hydrogen-bond donors (Lipinski definition) is 0. The molecule has 0 fully saturated rings. The van der Waals surface area contributed by atoms with Crippen LogP contribution in [0.5, 0.6) is 23.0 Å². The fourth-order valence-electron chi connectivity index (χ4n) is 2.16. The van der Waals surface area contributed by atoms with Crippen molar-refractivity contribution in [1.29, 1.82) is 0 Å². The fraction of sp³-hybridized carbons (Fsp3) is 0.222. The Morgan fingerprint density at radius 2 is 0.769 bits per heavy atom. The second-order valence-corrected chi connectivity index (χ2v) is 7.31. The van der Waals surface area contributed by atoms with Crippen molar-refractivity contribution in [3.8, 4) is 23.0 Å². The summed E-state index contributed by atoms with van der Waals surface area (Å²) in [5, 5.41) is 0. The van der Waals surface area contributed by atoms with E-state index in [9.17, 15) is 0 Å². The van der Waals surface area contributed by atoms with Crippen LogP contribution in [0.1, 0.15) is 11.1 Å². The van der Waals surface area contributed by atoms with E-state index < -0.39 is 0 Å². The largest absolute Gasteiger partial charge is 0.483 e. The highest BCUT2D eigenvalue weighted by Gasteiger charge is 2.04. The average Bonchev–Trinajstić information content (AvgIpc) is 2.61. The predicted molar refractivity (Wildman–Crippen MR) is 140 cm³/mol. The molecule has 4 nitrogen and oxygen atoms in total. The van der Waals surface area contributed by atoms with E-state index in [1.165, 1.54) is 0 Å². The molecule has 2 rings (SSSR count). The lowest BCUT2D eigenvalue weighted by Crippen LogP contribution is -1.94. The van der Waals surface area contributed by atoms with E-state index >= 15 is 0 Å². The third-order valence-corrected chi connectivity index (χ3v) is 4.40. The van der Waals surface area contributed by atoms with Crippen LogP contribution in [0.25, 0.3) is 12.2 Å². The lowest BCUT2D eigenvalue weighted by molar-refractivity contribution is 0.384. The molecule has 0 N–H and O–H groups in total. The molecule has 140 valence electrons. The summed E-state index contributed by atoms with van der Waals surface area (Å²) in [6.07, 6.45) is 4.05. The number of halogens is 4. The van der Waals surface area contributed by atoms with Gasteiger partial charge in [0.2, 0.25) is 0 Å². The zero-order valence-electron chi connectivity index (χ0n) is 13.6. The molecule has 0 amide bonds. The van der Waals surface area contributed by atoms with E-state index in [-0.39, 0.29) is 0 Å². The Balaban J connectivity index is 2.29. The van der Waals surface area contributed by atoms with Crippen LogP contribution in [-0.2, 0) is 0 Å². The molecule has 0 radical (unpaired) electrons. The lowest BCUT2D eigenvalue weighted by atomic mass is 10.1. The molecular weight excluding hydrogens is 788 g/mol. The van der Waals surface area contributed by atoms with Gasteiger partial charge in [-0.15, -0.1) is 0 Å². The molecule has 8 heteroatoms. The molecule has 2 aromatic rings. The molecule has 0 aliphatic heterocycles. The first-order chi connectivity index (χ1) is 12.7. The van der Waals surface area contributed by atoms with Crippen molar-refractivity contribution in [3.63, 3.8) is 0 Å². The zero-order valence-corrected chi connectivity index (χ0v) is 22.2. The van der Waals surface area contributed by atoms with Crippen molar-refractivity contribution in [2.24, 2.45) is 0 Å². The second-order valence-electron chi connectivity index (χ2n) is 4.82. The minimum Gasteiger partial charge on any atom is -0.483 e. The van der Waals surface area contributed by atoms with Crippen LogP contribution in [0.4, 0.5) is 0 Å². The summed E-state index contributed by atoms with van der Waals surface area (Å²) in [6.45, 7) is 0. The first-order valence-electron chi connectivity index (χ1n) is 7.42. The van der Waals surface area contributed by atoms with E-state index in [1.807, 2.05) is 48.6 Å². The van der Waals surface area contributed by atoms with Gasteiger partial charge in [-0.2, -0.15) is 0 Å². The van der Waals surface area contributed by atoms with Gasteiger partial charge in [0.1, 0.15) is 41.5 Å². The quantitative estimate of drug-likeness (QED) is 0.148. The van der Waals surface area contributed by atoms with Crippen molar-refractivity contribution in [2.75, 3.05) is 18.5 Å². The Hall–Kier alpha value is 0.300. The normalized spacial score (nSPS) is 10.8. The molecule has 0 aliphatic carbocycles. The summed E-state index contributed by atoms with van der Waals surface area (Å²) in [5.74, 6) is 3.16. The third kappa shape index (κ3) is 7.73. The molecule has 0 aliphatic rings. The van der Waals surface area contributed by atoms with Crippen LogP contribution in [0.3, 0.4) is 0 Å². The van der Waals surface area contributed by atoms with Gasteiger partial charge in [0.05, 0.1) is 0 Å². The molecule has 0 saturated carbocycles. The van der Waals surface area contributed by atoms with Crippen molar-refractivity contribution < 1.29 is 18.9 Å². The summed E-state index contributed by atoms with van der Waals surface area (Å²) in [5.41, 5.74) is 2.01. The molecule has 26 heavy (non-hydrogen) atoms. The monoisotopic (exact) mass is 804 g/mol. The number of alkyl halides is 4. The minimum absolute atomic E-state index is 0.585. The molecule has 0 saturated heterocycles. The zero-order chi connectivity index (χ0) is 18.8. The van der Waals surface area contributed by atoms with Crippen LogP contribution < -0.4 is 18.9 Å². The Morgan fingerprint density at radius 3 is 1.00 bits per heavy atom. The smallest absolute Gasteiger partial charge is 0.139 e. The number of hydrogen-bond acceptors (Lipinski definition) is 4. The van der Waals surface area contributed by atoms with Gasteiger partial charge in [-0.05, 0) is 126 Å². The van der Waals surface area contributed by atoms with Crippen LogP contribution in [0.2, 0.25) is 0 Å². The van der Waals surface area contributed by atoms with E-state index in [0.29, 0.717) is 18.5 Å². The number of benzene rings is 2. The van der Waals surface area contributed by atoms with Crippen molar-refractivity contribution in [1.82, 2.24) is 0 Å². The highest BCUT2D eigenvalue weighted by Crippen LogP contribution is 2.28. The van der Waals surface area contributed by atoms with Gasteiger partial charge in [-0.1, -0.05) is 12.2 Å². The lowest BCUT2D eigenvalue weighted by Gasteiger charge is -2.09. The molecule has 0 bridgehead atoms. The summed E-state index contributed by atoms with van der Waals surface area (Å²) in [6, 6.07) is 11.8. The Labute approximate surface area is 207 Å². The number of rotatable bonds is 10. The SMILES string of the molecule is ICOc1cc(/C=C/c2cc(OCI)cc(OCI)c2)cc(OCI)c1. The highest BCUT2D eigenvalue weighted by atomic mass is 127. The summed E-state index contributed by atoms with van der Waals surface area (Å²) in [7, 11) is 0. The van der Waals surface area contributed by atoms with Gasteiger partial charge in [-0.3, -0.25) is 0 Å². The summed E-state index contributed by atoms with van der Waals surface area (Å²) < 4.78 is 24.8. The second kappa shape index (κ2) is 12.7. The van der Waals surface area contributed by atoms with E-state index in [2.05, 4.69) is 90.4 Å². The first-order valence-corrected chi connectivity index (χ1v) is 13.5. The maximum atomic E-state index is 5.62. The molecule has 2 aromatic carbocycles. The molecule has 0 unspecified atom stereocenters. The van der Waals surface area contributed by atoms with Crippen molar-refractivity contribution in [3.05, 3.63) is 47.5 Å². The van der Waals surface area contributed by atoms with Crippen molar-refractivity contribution in [2.45, 2.75) is 0 Å². The molecule has 0 heterocycles. The Kier molecular flexibility index (Phi) is 11.0. The maximum Gasteiger partial charge on any atom is 0.139 e. The molecule has 0 spiro atoms. The van der Waals surface area contributed by atoms with E-state index in [0.717, 1.165) is 34.1 Å². The molecular formula is C18H16I4O4. The van der Waals surface area contributed by atoms with Gasteiger partial charge >= 0.3 is 0 Å². The first kappa shape index (κ1) is 22.6. The summed E-state index contributed by atoms with van der Waals surface area (Å²) >= 11 is 8.71. The number of ether oxygens (including phenoxy) is 4. The molecule has 0 atom stereocenters. The van der Waals surface area contributed by atoms with Gasteiger partial charge in [0.25, 0.3) is 0 Å². The van der Waals surface area contributed by atoms with E-state index in [4.69, 9.17) is 18.9 Å². The minimum atomic E-state index is 0.585. The van der Waals surface area contributed by atoms with Gasteiger partial charge < -0.3 is 18.9 Å². The highest BCUT2D eigenvalue weighted by molar-refractivity contribution is 14.1. The summed E-state index contributed by atoms with van der Waals surface area (Å²) in [4.78, 5) is 0. The van der Waals surface area contributed by atoms with Crippen LogP contribution in [0.15, 0.2) is 36.4 Å². The van der Waals surface area contributed by atoms with Crippen molar-refractivity contribution >= 4 is 103 Å². The average molecular weight is 804 g/mol. The fourth-order valence-corrected chi connectivity index (χ4v) is 3.60. The van der Waals surface area contributed by atoms with Crippen LogP contribution in [0, 0.1) is 0 Å². The van der Waals surface area contributed by atoms with Crippen LogP contribution >= 0.6 is 90.4 Å². The maximum absolute atomic E-state index is 5.62. The predicted octanol–water partition coefficient (Wildman–Crippen LogP) is 6.94. The Bertz CT molecular complexity index is 627. The molecule has 0 aromatic heterocycles. The van der Waals surface area contributed by atoms with Gasteiger partial charge in [0, 0.05) is 12.1 Å².